The molecule has 0 saturated heterocycles. The van der Waals surface area contributed by atoms with Crippen LogP contribution >= 0.6 is 0 Å². The molecule has 2 aliphatic heterocycles. The van der Waals surface area contributed by atoms with Crippen molar-refractivity contribution in [1.29, 1.82) is 0 Å². The van der Waals surface area contributed by atoms with Gasteiger partial charge in [0.1, 0.15) is 5.75 Å². The Kier molecular flexibility index (Phi) is 3.90. The third-order valence-electron chi connectivity index (χ3n) is 4.75. The third-order valence-corrected chi connectivity index (χ3v) is 4.75. The normalized spacial score (nSPS) is 19.5. The Hall–Kier alpha value is -2.46. The number of fused-ring (bicyclic) bond motifs is 2. The van der Waals surface area contributed by atoms with E-state index in [4.69, 9.17) is 14.2 Å². The van der Waals surface area contributed by atoms with Crippen molar-refractivity contribution < 1.29 is 14.2 Å². The van der Waals surface area contributed by atoms with Gasteiger partial charge in [-0.3, -0.25) is 4.90 Å². The molecule has 0 saturated carbocycles. The van der Waals surface area contributed by atoms with Gasteiger partial charge < -0.3 is 14.2 Å². The molecule has 2 aliphatic rings. The van der Waals surface area contributed by atoms with Crippen LogP contribution in [0.5, 0.6) is 17.2 Å². The predicted octanol–water partition coefficient (Wildman–Crippen LogP) is 3.67. The molecule has 0 bridgehead atoms. The molecule has 0 radical (unpaired) electrons. The summed E-state index contributed by atoms with van der Waals surface area (Å²) in [4.78, 5) is 2.37. The molecular weight excluding hydrogens is 302 g/mol. The average molecular weight is 323 g/mol. The molecule has 124 valence electrons. The smallest absolute Gasteiger partial charge is 0.231 e. The maximum absolute atomic E-state index is 5.45. The minimum Gasteiger partial charge on any atom is -0.497 e. The molecule has 4 heteroatoms. The van der Waals surface area contributed by atoms with E-state index in [9.17, 15) is 0 Å². The third kappa shape index (κ3) is 2.74. The van der Waals surface area contributed by atoms with E-state index in [1.54, 1.807) is 7.11 Å². The lowest BCUT2D eigenvalue weighted by Crippen LogP contribution is -2.31. The maximum Gasteiger partial charge on any atom is 0.231 e. The van der Waals surface area contributed by atoms with Gasteiger partial charge in [-0.2, -0.15) is 0 Å². The summed E-state index contributed by atoms with van der Waals surface area (Å²) in [6.45, 7) is 1.35. The van der Waals surface area contributed by atoms with Gasteiger partial charge in [0.2, 0.25) is 6.79 Å². The largest absolute Gasteiger partial charge is 0.497 e. The molecule has 4 nitrogen and oxygen atoms in total. The van der Waals surface area contributed by atoms with Gasteiger partial charge in [-0.25, -0.2) is 0 Å². The molecule has 2 aromatic carbocycles. The highest BCUT2D eigenvalue weighted by atomic mass is 16.7. The molecule has 0 fully saturated rings. The lowest BCUT2D eigenvalue weighted by Gasteiger charge is -2.33. The maximum atomic E-state index is 5.45. The zero-order valence-electron chi connectivity index (χ0n) is 14.0. The molecule has 0 aromatic heterocycles. The SMILES string of the molecule is COc1ccc2c(c1)CCN(C)C2/C=C/c1ccc2c(c1)OCO2. The molecule has 0 aliphatic carbocycles. The number of rotatable bonds is 3. The Labute approximate surface area is 142 Å². The Bertz CT molecular complexity index is 784. The summed E-state index contributed by atoms with van der Waals surface area (Å²) in [5, 5.41) is 0. The second-order valence-corrected chi connectivity index (χ2v) is 6.21. The second-order valence-electron chi connectivity index (χ2n) is 6.21. The number of likely N-dealkylation sites (N-methyl/N-ethyl adjacent to an activating group) is 1. The van der Waals surface area contributed by atoms with Crippen molar-refractivity contribution in [1.82, 2.24) is 4.90 Å². The molecule has 2 heterocycles. The van der Waals surface area contributed by atoms with Crippen LogP contribution in [0.4, 0.5) is 0 Å². The van der Waals surface area contributed by atoms with Crippen molar-refractivity contribution in [3.05, 3.63) is 59.2 Å². The van der Waals surface area contributed by atoms with Gasteiger partial charge in [-0.15, -0.1) is 0 Å². The van der Waals surface area contributed by atoms with Crippen molar-refractivity contribution in [3.8, 4) is 17.2 Å². The second kappa shape index (κ2) is 6.21. The highest BCUT2D eigenvalue weighted by Crippen LogP contribution is 2.35. The first-order valence-electron chi connectivity index (χ1n) is 8.19. The van der Waals surface area contributed by atoms with E-state index in [-0.39, 0.29) is 6.04 Å². The van der Waals surface area contributed by atoms with E-state index < -0.39 is 0 Å². The molecule has 4 rings (SSSR count). The first-order chi connectivity index (χ1) is 11.7. The summed E-state index contributed by atoms with van der Waals surface area (Å²) in [5.41, 5.74) is 3.84. The minimum atomic E-state index is 0.269. The van der Waals surface area contributed by atoms with Crippen molar-refractivity contribution in [3.63, 3.8) is 0 Å². The quantitative estimate of drug-likeness (QED) is 0.862. The standard InChI is InChI=1S/C20H21NO3/c1-21-10-9-15-12-16(22-2)5-6-17(15)18(21)7-3-14-4-8-19-20(11-14)24-13-23-19/h3-8,11-12,18H,9-10,13H2,1-2H3/b7-3+. The molecule has 24 heavy (non-hydrogen) atoms. The van der Waals surface area contributed by atoms with Crippen molar-refractivity contribution in [2.45, 2.75) is 12.5 Å². The highest BCUT2D eigenvalue weighted by Gasteiger charge is 2.23. The van der Waals surface area contributed by atoms with Crippen LogP contribution in [0.3, 0.4) is 0 Å². The van der Waals surface area contributed by atoms with Gasteiger partial charge in [0.15, 0.2) is 11.5 Å². The van der Waals surface area contributed by atoms with Crippen molar-refractivity contribution in [2.24, 2.45) is 0 Å². The number of methoxy groups -OCH3 is 1. The Morgan fingerprint density at radius 1 is 1.12 bits per heavy atom. The number of hydrogen-bond donors (Lipinski definition) is 0. The molecule has 0 N–H and O–H groups in total. The number of benzene rings is 2. The van der Waals surface area contributed by atoms with E-state index >= 15 is 0 Å². The lowest BCUT2D eigenvalue weighted by molar-refractivity contribution is 0.174. The summed E-state index contributed by atoms with van der Waals surface area (Å²) in [6, 6.07) is 12.7. The summed E-state index contributed by atoms with van der Waals surface area (Å²) in [7, 11) is 3.88. The fourth-order valence-corrected chi connectivity index (χ4v) is 3.36. The summed E-state index contributed by atoms with van der Waals surface area (Å²) in [6.07, 6.45) is 5.46. The van der Waals surface area contributed by atoms with Gasteiger partial charge in [0.25, 0.3) is 0 Å². The monoisotopic (exact) mass is 323 g/mol. The molecular formula is C20H21NO3. The Morgan fingerprint density at radius 3 is 2.88 bits per heavy atom. The predicted molar refractivity (Wildman–Crippen MR) is 93.7 cm³/mol. The zero-order chi connectivity index (χ0) is 16.5. The van der Waals surface area contributed by atoms with Crippen LogP contribution in [0.1, 0.15) is 22.7 Å². The van der Waals surface area contributed by atoms with E-state index in [1.807, 2.05) is 18.2 Å². The molecule has 0 spiro atoms. The molecule has 2 aromatic rings. The van der Waals surface area contributed by atoms with Crippen molar-refractivity contribution in [2.75, 3.05) is 27.5 Å². The van der Waals surface area contributed by atoms with Gasteiger partial charge >= 0.3 is 0 Å². The fraction of sp³-hybridized carbons (Fsp3) is 0.300. The van der Waals surface area contributed by atoms with Gasteiger partial charge in [-0.1, -0.05) is 24.3 Å². The van der Waals surface area contributed by atoms with Crippen LogP contribution in [0.15, 0.2) is 42.5 Å². The Balaban J connectivity index is 1.62. The van der Waals surface area contributed by atoms with E-state index in [0.29, 0.717) is 6.79 Å². The lowest BCUT2D eigenvalue weighted by atomic mass is 9.92. The number of hydrogen-bond acceptors (Lipinski definition) is 4. The van der Waals surface area contributed by atoms with Crippen LogP contribution in [0, 0.1) is 0 Å². The molecule has 0 amide bonds. The van der Waals surface area contributed by atoms with E-state index in [0.717, 1.165) is 35.8 Å². The van der Waals surface area contributed by atoms with Gasteiger partial charge in [-0.05, 0) is 54.4 Å². The topological polar surface area (TPSA) is 30.9 Å². The zero-order valence-corrected chi connectivity index (χ0v) is 14.0. The van der Waals surface area contributed by atoms with Gasteiger partial charge in [0, 0.05) is 6.54 Å². The van der Waals surface area contributed by atoms with Crippen LogP contribution in [0.2, 0.25) is 0 Å². The number of nitrogens with zero attached hydrogens (tertiary/aromatic N) is 1. The fourth-order valence-electron chi connectivity index (χ4n) is 3.36. The molecule has 1 atom stereocenters. The summed E-state index contributed by atoms with van der Waals surface area (Å²) >= 11 is 0. The first-order valence-corrected chi connectivity index (χ1v) is 8.19. The van der Waals surface area contributed by atoms with Crippen LogP contribution in [0.25, 0.3) is 6.08 Å². The number of ether oxygens (including phenoxy) is 3. The van der Waals surface area contributed by atoms with E-state index in [2.05, 4.69) is 42.3 Å². The van der Waals surface area contributed by atoms with Gasteiger partial charge in [0.05, 0.1) is 13.2 Å². The van der Waals surface area contributed by atoms with Crippen molar-refractivity contribution >= 4 is 6.08 Å². The van der Waals surface area contributed by atoms with E-state index in [1.165, 1.54) is 11.1 Å². The van der Waals surface area contributed by atoms with Crippen LogP contribution < -0.4 is 14.2 Å². The minimum absolute atomic E-state index is 0.269. The summed E-state index contributed by atoms with van der Waals surface area (Å²) < 4.78 is 16.2. The Morgan fingerprint density at radius 2 is 2.00 bits per heavy atom. The van der Waals surface area contributed by atoms with Crippen LogP contribution in [-0.2, 0) is 6.42 Å². The first kappa shape index (κ1) is 15.1. The molecule has 1 unspecified atom stereocenters. The van der Waals surface area contributed by atoms with Crippen LogP contribution in [-0.4, -0.2) is 32.4 Å². The highest BCUT2D eigenvalue weighted by molar-refractivity contribution is 5.57. The summed E-state index contributed by atoms with van der Waals surface area (Å²) in [5.74, 6) is 2.57. The average Bonchev–Trinajstić information content (AvgIpc) is 3.08.